The van der Waals surface area contributed by atoms with E-state index in [4.69, 9.17) is 10.5 Å². The van der Waals surface area contributed by atoms with Gasteiger partial charge in [0.1, 0.15) is 10.8 Å². The van der Waals surface area contributed by atoms with Crippen LogP contribution in [0.2, 0.25) is 0 Å². The zero-order valence-electron chi connectivity index (χ0n) is 11.5. The molecule has 0 aliphatic carbocycles. The van der Waals surface area contributed by atoms with Gasteiger partial charge >= 0.3 is 0 Å². The topological polar surface area (TPSA) is 90.1 Å². The van der Waals surface area contributed by atoms with Gasteiger partial charge in [-0.25, -0.2) is 0 Å². The lowest BCUT2D eigenvalue weighted by atomic mass is 10.2. The maximum Gasteiger partial charge on any atom is 0.228 e. The number of rotatable bonds is 4. The number of carbonyl (C=O) groups excluding carboxylic acids is 1. The van der Waals surface area contributed by atoms with Gasteiger partial charge in [0.25, 0.3) is 0 Å². The van der Waals surface area contributed by atoms with Gasteiger partial charge in [0.15, 0.2) is 0 Å². The number of nitrogens with one attached hydrogen (secondary N) is 1. The molecule has 0 fully saturated rings. The number of carbonyl (C=O) groups is 1. The highest BCUT2D eigenvalue weighted by molar-refractivity contribution is 7.18. The first-order chi connectivity index (χ1) is 9.51. The summed E-state index contributed by atoms with van der Waals surface area (Å²) in [6.07, 6.45) is 0. The van der Waals surface area contributed by atoms with E-state index in [2.05, 4.69) is 15.5 Å². The Bertz CT molecular complexity index is 625. The number of hydrogen-bond acceptors (Lipinski definition) is 6. The Kier molecular flexibility index (Phi) is 4.19. The van der Waals surface area contributed by atoms with E-state index in [0.29, 0.717) is 21.6 Å². The Balaban J connectivity index is 2.20. The predicted octanol–water partition coefficient (Wildman–Crippen LogP) is 2.39. The molecule has 6 nitrogen and oxygen atoms in total. The highest BCUT2D eigenvalue weighted by Crippen LogP contribution is 2.31. The summed E-state index contributed by atoms with van der Waals surface area (Å²) in [6.45, 7) is 3.64. The zero-order valence-corrected chi connectivity index (χ0v) is 12.3. The van der Waals surface area contributed by atoms with E-state index in [0.717, 1.165) is 5.56 Å². The van der Waals surface area contributed by atoms with Crippen LogP contribution in [0.15, 0.2) is 18.2 Å². The molecular weight excluding hydrogens is 276 g/mol. The molecule has 0 bridgehead atoms. The third-order valence-corrected chi connectivity index (χ3v) is 3.54. The van der Waals surface area contributed by atoms with Crippen molar-refractivity contribution in [2.45, 2.75) is 13.8 Å². The molecule has 20 heavy (non-hydrogen) atoms. The Morgan fingerprint density at radius 3 is 2.75 bits per heavy atom. The predicted molar refractivity (Wildman–Crippen MR) is 79.8 cm³/mol. The molecule has 0 spiro atoms. The standard InChI is InChI=1S/C13H16N4O2S/c1-7(2)11(18)15-13-17-16-12(20-13)8-4-5-10(19-3)9(14)6-8/h4-7H,14H2,1-3H3,(H,15,17,18). The molecule has 0 radical (unpaired) electrons. The van der Waals surface area contributed by atoms with E-state index >= 15 is 0 Å². The van der Waals surface area contributed by atoms with Gasteiger partial charge in [-0.15, -0.1) is 10.2 Å². The molecule has 3 N–H and O–H groups in total. The summed E-state index contributed by atoms with van der Waals surface area (Å²) in [4.78, 5) is 11.6. The molecule has 0 saturated heterocycles. The highest BCUT2D eigenvalue weighted by atomic mass is 32.1. The lowest BCUT2D eigenvalue weighted by Crippen LogP contribution is -2.17. The average Bonchev–Trinajstić information content (AvgIpc) is 2.87. The quantitative estimate of drug-likeness (QED) is 0.844. The Hall–Kier alpha value is -2.15. The molecule has 0 unspecified atom stereocenters. The second-order valence-corrected chi connectivity index (χ2v) is 5.49. The van der Waals surface area contributed by atoms with E-state index in [-0.39, 0.29) is 11.8 Å². The first-order valence-corrected chi connectivity index (χ1v) is 6.91. The van der Waals surface area contributed by atoms with E-state index < -0.39 is 0 Å². The van der Waals surface area contributed by atoms with E-state index in [1.165, 1.54) is 11.3 Å². The maximum absolute atomic E-state index is 11.6. The van der Waals surface area contributed by atoms with Crippen molar-refractivity contribution in [1.82, 2.24) is 10.2 Å². The van der Waals surface area contributed by atoms with Gasteiger partial charge in [-0.2, -0.15) is 0 Å². The first kappa shape index (κ1) is 14.3. The van der Waals surface area contributed by atoms with Crippen LogP contribution in [0.3, 0.4) is 0 Å². The Morgan fingerprint density at radius 1 is 1.40 bits per heavy atom. The number of aromatic nitrogens is 2. The summed E-state index contributed by atoms with van der Waals surface area (Å²) in [5.41, 5.74) is 7.23. The van der Waals surface area contributed by atoms with Crippen molar-refractivity contribution in [2.75, 3.05) is 18.2 Å². The van der Waals surface area contributed by atoms with Gasteiger partial charge in [-0.05, 0) is 18.2 Å². The summed E-state index contributed by atoms with van der Waals surface area (Å²) in [6, 6.07) is 5.40. The van der Waals surface area contributed by atoms with Crippen molar-refractivity contribution >= 4 is 28.1 Å². The molecular formula is C13H16N4O2S. The fourth-order valence-electron chi connectivity index (χ4n) is 1.51. The van der Waals surface area contributed by atoms with Crippen LogP contribution in [0.4, 0.5) is 10.8 Å². The Morgan fingerprint density at radius 2 is 2.15 bits per heavy atom. The minimum Gasteiger partial charge on any atom is -0.495 e. The summed E-state index contributed by atoms with van der Waals surface area (Å²) >= 11 is 1.30. The Labute approximate surface area is 121 Å². The highest BCUT2D eigenvalue weighted by Gasteiger charge is 2.12. The molecule has 1 heterocycles. The molecule has 106 valence electrons. The van der Waals surface area contributed by atoms with Crippen LogP contribution in [-0.2, 0) is 4.79 Å². The smallest absolute Gasteiger partial charge is 0.228 e. The molecule has 1 aromatic heterocycles. The minimum absolute atomic E-state index is 0.0815. The van der Waals surface area contributed by atoms with Crippen molar-refractivity contribution in [2.24, 2.45) is 5.92 Å². The van der Waals surface area contributed by atoms with E-state index in [9.17, 15) is 4.79 Å². The summed E-state index contributed by atoms with van der Waals surface area (Å²) in [5.74, 6) is 0.438. The van der Waals surface area contributed by atoms with Crippen molar-refractivity contribution in [3.63, 3.8) is 0 Å². The number of nitrogens with two attached hydrogens (primary N) is 1. The SMILES string of the molecule is COc1ccc(-c2nnc(NC(=O)C(C)C)s2)cc1N. The van der Waals surface area contributed by atoms with Gasteiger partial charge < -0.3 is 15.8 Å². The van der Waals surface area contributed by atoms with Gasteiger partial charge in [0.05, 0.1) is 12.8 Å². The fraction of sp³-hybridized carbons (Fsp3) is 0.308. The number of nitrogens with zero attached hydrogens (tertiary/aromatic N) is 2. The third-order valence-electron chi connectivity index (χ3n) is 2.66. The van der Waals surface area contributed by atoms with E-state index in [1.54, 1.807) is 19.2 Å². The number of anilines is 2. The van der Waals surface area contributed by atoms with Crippen LogP contribution in [0.1, 0.15) is 13.8 Å². The third kappa shape index (κ3) is 3.05. The summed E-state index contributed by atoms with van der Waals surface area (Å²) in [5, 5.41) is 11.9. The van der Waals surface area contributed by atoms with Crippen molar-refractivity contribution in [1.29, 1.82) is 0 Å². The minimum atomic E-state index is -0.0982. The molecule has 0 aliphatic heterocycles. The van der Waals surface area contributed by atoms with Gasteiger partial charge in [0.2, 0.25) is 11.0 Å². The van der Waals surface area contributed by atoms with Crippen LogP contribution in [0, 0.1) is 5.92 Å². The van der Waals surface area contributed by atoms with Crippen molar-refractivity contribution in [3.05, 3.63) is 18.2 Å². The summed E-state index contributed by atoms with van der Waals surface area (Å²) < 4.78 is 5.11. The molecule has 7 heteroatoms. The number of methoxy groups -OCH3 is 1. The second kappa shape index (κ2) is 5.87. The largest absolute Gasteiger partial charge is 0.495 e. The molecule has 0 saturated carbocycles. The average molecular weight is 292 g/mol. The van der Waals surface area contributed by atoms with Crippen LogP contribution in [0.5, 0.6) is 5.75 Å². The molecule has 1 aromatic carbocycles. The molecule has 0 atom stereocenters. The van der Waals surface area contributed by atoms with Crippen LogP contribution in [0.25, 0.3) is 10.6 Å². The second-order valence-electron chi connectivity index (χ2n) is 4.51. The van der Waals surface area contributed by atoms with Crippen LogP contribution in [-0.4, -0.2) is 23.2 Å². The molecule has 2 rings (SSSR count). The van der Waals surface area contributed by atoms with Crippen LogP contribution >= 0.6 is 11.3 Å². The number of ether oxygens (including phenoxy) is 1. The maximum atomic E-state index is 11.6. The van der Waals surface area contributed by atoms with Gasteiger partial charge in [0, 0.05) is 11.5 Å². The normalized spacial score (nSPS) is 10.6. The molecule has 0 aliphatic rings. The van der Waals surface area contributed by atoms with E-state index in [1.807, 2.05) is 19.9 Å². The monoisotopic (exact) mass is 292 g/mol. The van der Waals surface area contributed by atoms with Gasteiger partial charge in [-0.3, -0.25) is 4.79 Å². The number of hydrogen-bond donors (Lipinski definition) is 2. The number of amides is 1. The van der Waals surface area contributed by atoms with Crippen LogP contribution < -0.4 is 15.8 Å². The molecule has 2 aromatic rings. The summed E-state index contributed by atoms with van der Waals surface area (Å²) in [7, 11) is 1.57. The molecule has 1 amide bonds. The van der Waals surface area contributed by atoms with Crippen molar-refractivity contribution < 1.29 is 9.53 Å². The fourth-order valence-corrected chi connectivity index (χ4v) is 2.25. The van der Waals surface area contributed by atoms with Crippen molar-refractivity contribution in [3.8, 4) is 16.3 Å². The lowest BCUT2D eigenvalue weighted by molar-refractivity contribution is -0.118. The van der Waals surface area contributed by atoms with Gasteiger partial charge in [-0.1, -0.05) is 25.2 Å². The lowest BCUT2D eigenvalue weighted by Gasteiger charge is -2.05. The zero-order chi connectivity index (χ0) is 14.7. The number of benzene rings is 1. The number of nitrogen functional groups attached to an aromatic ring is 1. The first-order valence-electron chi connectivity index (χ1n) is 6.09.